The maximum Gasteiger partial charge on any atom is 0.354 e. The molecule has 0 aliphatic rings. The molecule has 0 fully saturated rings. The Bertz CT molecular complexity index is 530. The Labute approximate surface area is 116 Å². The van der Waals surface area contributed by atoms with E-state index in [-0.39, 0.29) is 17.3 Å². The molecule has 0 aliphatic carbocycles. The summed E-state index contributed by atoms with van der Waals surface area (Å²) in [4.78, 5) is 39.7. The number of aromatic nitrogens is 1. The molecule has 1 rings (SSSR count). The highest BCUT2D eigenvalue weighted by atomic mass is 16.4. The van der Waals surface area contributed by atoms with Crippen molar-refractivity contribution in [1.29, 1.82) is 0 Å². The number of nitrogens with zero attached hydrogens (tertiary/aromatic N) is 2. The van der Waals surface area contributed by atoms with Gasteiger partial charge in [-0.3, -0.25) is 9.59 Å². The number of likely N-dealkylation sites (N-methyl/N-ethyl adjacent to an activating group) is 1. The van der Waals surface area contributed by atoms with E-state index in [2.05, 4.69) is 10.3 Å². The lowest BCUT2D eigenvalue weighted by molar-refractivity contribution is -0.131. The van der Waals surface area contributed by atoms with Gasteiger partial charge in [0.05, 0.1) is 0 Å². The first-order valence-corrected chi connectivity index (χ1v) is 6.13. The predicted molar refractivity (Wildman–Crippen MR) is 71.4 cm³/mol. The maximum absolute atomic E-state index is 11.9. The largest absolute Gasteiger partial charge is 0.477 e. The molecule has 0 saturated carbocycles. The number of carboxylic acids is 1. The minimum Gasteiger partial charge on any atom is -0.477 e. The van der Waals surface area contributed by atoms with Gasteiger partial charge in [-0.25, -0.2) is 9.78 Å². The molecule has 7 nitrogen and oxygen atoms in total. The van der Waals surface area contributed by atoms with Gasteiger partial charge >= 0.3 is 5.97 Å². The lowest BCUT2D eigenvalue weighted by atomic mass is 10.2. The van der Waals surface area contributed by atoms with Crippen molar-refractivity contribution in [3.8, 4) is 0 Å². The number of carbonyl (C=O) groups is 3. The van der Waals surface area contributed by atoms with Crippen molar-refractivity contribution in [2.45, 2.75) is 19.9 Å². The summed E-state index contributed by atoms with van der Waals surface area (Å²) < 4.78 is 0. The zero-order valence-electron chi connectivity index (χ0n) is 11.6. The molecule has 0 spiro atoms. The van der Waals surface area contributed by atoms with Gasteiger partial charge < -0.3 is 15.3 Å². The molecule has 0 bridgehead atoms. The molecule has 1 aromatic heterocycles. The summed E-state index contributed by atoms with van der Waals surface area (Å²) in [5.74, 6) is -2.02. The van der Waals surface area contributed by atoms with Crippen molar-refractivity contribution in [3.63, 3.8) is 0 Å². The fraction of sp³-hybridized carbons (Fsp3) is 0.385. The summed E-state index contributed by atoms with van der Waals surface area (Å²) in [5, 5.41) is 11.3. The third-order valence-electron chi connectivity index (χ3n) is 2.77. The highest BCUT2D eigenvalue weighted by Crippen LogP contribution is 2.01. The van der Waals surface area contributed by atoms with Crippen LogP contribution in [0.1, 0.15) is 34.8 Å². The number of carboxylic acid groups (broad SMARTS) is 1. The van der Waals surface area contributed by atoms with Crippen LogP contribution >= 0.6 is 0 Å². The van der Waals surface area contributed by atoms with Gasteiger partial charge in [-0.2, -0.15) is 0 Å². The Kier molecular flexibility index (Phi) is 5.19. The molecule has 7 heteroatoms. The third-order valence-corrected chi connectivity index (χ3v) is 2.77. The molecule has 1 unspecified atom stereocenters. The van der Waals surface area contributed by atoms with Crippen LogP contribution in [0.25, 0.3) is 0 Å². The Morgan fingerprint density at radius 2 is 1.95 bits per heavy atom. The highest BCUT2D eigenvalue weighted by Gasteiger charge is 2.20. The minimum absolute atomic E-state index is 0.0382. The number of carbonyl (C=O) groups excluding carboxylic acids is 2. The smallest absolute Gasteiger partial charge is 0.354 e. The molecule has 0 aliphatic heterocycles. The standard InChI is InChI=1S/C13H17N3O4/c1-4-16(3)12(18)8(2)14-11(17)9-6-5-7-10(15-9)13(19)20/h5-8H,4H2,1-3H3,(H,14,17)(H,19,20). The van der Waals surface area contributed by atoms with Crippen LogP contribution in [0.15, 0.2) is 18.2 Å². The first-order valence-electron chi connectivity index (χ1n) is 6.13. The monoisotopic (exact) mass is 279 g/mol. The van der Waals surface area contributed by atoms with Crippen molar-refractivity contribution in [1.82, 2.24) is 15.2 Å². The number of rotatable bonds is 5. The van der Waals surface area contributed by atoms with Gasteiger partial charge in [-0.05, 0) is 26.0 Å². The zero-order chi connectivity index (χ0) is 15.3. The average Bonchev–Trinajstić information content (AvgIpc) is 2.45. The van der Waals surface area contributed by atoms with Gasteiger partial charge in [0.1, 0.15) is 17.4 Å². The van der Waals surface area contributed by atoms with Crippen molar-refractivity contribution in [2.24, 2.45) is 0 Å². The van der Waals surface area contributed by atoms with Gasteiger partial charge in [0.25, 0.3) is 5.91 Å². The molecule has 0 aromatic carbocycles. The summed E-state index contributed by atoms with van der Waals surface area (Å²) in [7, 11) is 1.63. The van der Waals surface area contributed by atoms with E-state index in [9.17, 15) is 14.4 Å². The van der Waals surface area contributed by atoms with Gasteiger partial charge in [-0.1, -0.05) is 6.07 Å². The van der Waals surface area contributed by atoms with Crippen LogP contribution in [0, 0.1) is 0 Å². The molecule has 2 N–H and O–H groups in total. The fourth-order valence-corrected chi connectivity index (χ4v) is 1.50. The molecule has 108 valence electrons. The number of pyridine rings is 1. The average molecular weight is 279 g/mol. The first-order chi connectivity index (χ1) is 9.36. The molecule has 20 heavy (non-hydrogen) atoms. The van der Waals surface area contributed by atoms with Crippen molar-refractivity contribution in [2.75, 3.05) is 13.6 Å². The van der Waals surface area contributed by atoms with Crippen LogP contribution < -0.4 is 5.32 Å². The van der Waals surface area contributed by atoms with Gasteiger partial charge in [0.2, 0.25) is 5.91 Å². The Morgan fingerprint density at radius 1 is 1.35 bits per heavy atom. The van der Waals surface area contributed by atoms with E-state index in [4.69, 9.17) is 5.11 Å². The number of amides is 2. The Morgan fingerprint density at radius 3 is 2.50 bits per heavy atom. The zero-order valence-corrected chi connectivity index (χ0v) is 11.6. The Balaban J connectivity index is 2.79. The molecule has 2 amide bonds. The molecular formula is C13H17N3O4. The molecule has 1 heterocycles. The molecule has 0 radical (unpaired) electrons. The maximum atomic E-state index is 11.9. The fourth-order valence-electron chi connectivity index (χ4n) is 1.50. The lowest BCUT2D eigenvalue weighted by Crippen LogP contribution is -2.45. The second kappa shape index (κ2) is 6.65. The van der Waals surface area contributed by atoms with E-state index in [1.807, 2.05) is 6.92 Å². The van der Waals surface area contributed by atoms with Crippen molar-refractivity contribution < 1.29 is 19.5 Å². The molecule has 0 saturated heterocycles. The van der Waals surface area contributed by atoms with E-state index >= 15 is 0 Å². The van der Waals surface area contributed by atoms with Crippen LogP contribution in [0.3, 0.4) is 0 Å². The summed E-state index contributed by atoms with van der Waals surface area (Å²) in [6, 6.07) is 3.40. The number of aromatic carboxylic acids is 1. The molecule has 1 aromatic rings. The summed E-state index contributed by atoms with van der Waals surface area (Å²) in [6.45, 7) is 3.92. The number of hydrogen-bond acceptors (Lipinski definition) is 4. The summed E-state index contributed by atoms with van der Waals surface area (Å²) >= 11 is 0. The second-order valence-corrected chi connectivity index (χ2v) is 4.26. The lowest BCUT2D eigenvalue weighted by Gasteiger charge is -2.20. The SMILES string of the molecule is CCN(C)C(=O)C(C)NC(=O)c1cccc(C(=O)O)n1. The third kappa shape index (κ3) is 3.78. The van der Waals surface area contributed by atoms with E-state index in [0.717, 1.165) is 0 Å². The van der Waals surface area contributed by atoms with E-state index in [0.29, 0.717) is 6.54 Å². The number of hydrogen-bond donors (Lipinski definition) is 2. The number of nitrogens with one attached hydrogen (secondary N) is 1. The van der Waals surface area contributed by atoms with Crippen LogP contribution in [0.2, 0.25) is 0 Å². The quantitative estimate of drug-likeness (QED) is 0.811. The van der Waals surface area contributed by atoms with Gasteiger partial charge in [0.15, 0.2) is 0 Å². The van der Waals surface area contributed by atoms with E-state index in [1.165, 1.54) is 23.1 Å². The van der Waals surface area contributed by atoms with Crippen LogP contribution in [-0.2, 0) is 4.79 Å². The topological polar surface area (TPSA) is 99.6 Å². The van der Waals surface area contributed by atoms with E-state index < -0.39 is 17.9 Å². The van der Waals surface area contributed by atoms with Crippen molar-refractivity contribution in [3.05, 3.63) is 29.6 Å². The van der Waals surface area contributed by atoms with Crippen molar-refractivity contribution >= 4 is 17.8 Å². The van der Waals surface area contributed by atoms with Crippen LogP contribution in [0.4, 0.5) is 0 Å². The minimum atomic E-state index is -1.21. The first kappa shape index (κ1) is 15.6. The summed E-state index contributed by atoms with van der Waals surface area (Å²) in [6.07, 6.45) is 0. The Hall–Kier alpha value is -2.44. The van der Waals surface area contributed by atoms with E-state index in [1.54, 1.807) is 14.0 Å². The van der Waals surface area contributed by atoms with Gasteiger partial charge in [0, 0.05) is 13.6 Å². The normalized spacial score (nSPS) is 11.6. The molecular weight excluding hydrogens is 262 g/mol. The van der Waals surface area contributed by atoms with Crippen LogP contribution in [-0.4, -0.2) is 52.4 Å². The molecule has 1 atom stereocenters. The van der Waals surface area contributed by atoms with Gasteiger partial charge in [-0.15, -0.1) is 0 Å². The van der Waals surface area contributed by atoms with Crippen LogP contribution in [0.5, 0.6) is 0 Å². The highest BCUT2D eigenvalue weighted by molar-refractivity contribution is 5.97. The predicted octanol–water partition coefficient (Wildman–Crippen LogP) is 0.376. The summed E-state index contributed by atoms with van der Waals surface area (Å²) in [5.41, 5.74) is -0.258. The second-order valence-electron chi connectivity index (χ2n) is 4.26.